The van der Waals surface area contributed by atoms with Crippen LogP contribution < -0.4 is 11.1 Å². The molecule has 112 valence electrons. The van der Waals surface area contributed by atoms with Gasteiger partial charge in [0.05, 0.1) is 6.54 Å². The van der Waals surface area contributed by atoms with E-state index in [0.717, 1.165) is 25.2 Å². The maximum absolute atomic E-state index is 12.2. The lowest BCUT2D eigenvalue weighted by Gasteiger charge is -2.21. The Hall–Kier alpha value is -1.83. The molecule has 1 aromatic rings. The third-order valence-corrected chi connectivity index (χ3v) is 3.59. The maximum atomic E-state index is 12.2. The zero-order valence-corrected chi connectivity index (χ0v) is 12.6. The fourth-order valence-corrected chi connectivity index (χ4v) is 2.56. The Labute approximate surface area is 126 Å². The van der Waals surface area contributed by atoms with E-state index in [1.807, 2.05) is 12.1 Å². The Bertz CT molecular complexity index is 521. The fourth-order valence-electron chi connectivity index (χ4n) is 2.56. The number of carbonyl (C=O) groups is 1. The van der Waals surface area contributed by atoms with E-state index < -0.39 is 0 Å². The van der Waals surface area contributed by atoms with E-state index in [4.69, 9.17) is 5.73 Å². The van der Waals surface area contributed by atoms with Gasteiger partial charge in [-0.15, -0.1) is 0 Å². The molecule has 0 saturated carbocycles. The van der Waals surface area contributed by atoms with Crippen LogP contribution in [0.4, 0.5) is 0 Å². The Morgan fingerprint density at radius 1 is 1.33 bits per heavy atom. The molecule has 0 aromatic heterocycles. The van der Waals surface area contributed by atoms with Crippen molar-refractivity contribution in [2.45, 2.75) is 25.8 Å². The van der Waals surface area contributed by atoms with Gasteiger partial charge in [0.2, 0.25) is 0 Å². The summed E-state index contributed by atoms with van der Waals surface area (Å²) in [6, 6.07) is 7.47. The first-order chi connectivity index (χ1) is 10.2. The molecular formula is C17H23N3O. The maximum Gasteiger partial charge on any atom is 0.251 e. The van der Waals surface area contributed by atoms with Gasteiger partial charge in [-0.05, 0) is 57.1 Å². The number of nitrogens with zero attached hydrogens (tertiary/aromatic N) is 1. The Morgan fingerprint density at radius 2 is 2.00 bits per heavy atom. The van der Waals surface area contributed by atoms with Crippen molar-refractivity contribution < 1.29 is 4.79 Å². The second kappa shape index (κ2) is 7.82. The third kappa shape index (κ3) is 4.89. The lowest BCUT2D eigenvalue weighted by molar-refractivity contribution is 0.0932. The normalized spacial score (nSPS) is 16.1. The number of carbonyl (C=O) groups excluding carboxylic acids is 1. The molecule has 21 heavy (non-hydrogen) atoms. The molecule has 4 heteroatoms. The number of likely N-dealkylation sites (tertiary alicyclic amines) is 1. The highest BCUT2D eigenvalue weighted by atomic mass is 16.1. The molecule has 1 heterocycles. The highest BCUT2D eigenvalue weighted by Gasteiger charge is 2.16. The van der Waals surface area contributed by atoms with Crippen LogP contribution in [0, 0.1) is 11.8 Å². The molecular weight excluding hydrogens is 262 g/mol. The first kappa shape index (κ1) is 15.6. The van der Waals surface area contributed by atoms with Crippen molar-refractivity contribution >= 4 is 5.91 Å². The quantitative estimate of drug-likeness (QED) is 0.818. The van der Waals surface area contributed by atoms with Gasteiger partial charge in [-0.1, -0.05) is 11.8 Å². The summed E-state index contributed by atoms with van der Waals surface area (Å²) in [6.07, 6.45) is 2.54. The van der Waals surface area contributed by atoms with Gasteiger partial charge in [-0.25, -0.2) is 0 Å². The van der Waals surface area contributed by atoms with Crippen molar-refractivity contribution in [3.63, 3.8) is 0 Å². The van der Waals surface area contributed by atoms with Crippen LogP contribution in [0.5, 0.6) is 0 Å². The molecule has 1 amide bonds. The summed E-state index contributed by atoms with van der Waals surface area (Å²) in [6.45, 7) is 5.61. The van der Waals surface area contributed by atoms with Crippen LogP contribution in [0.15, 0.2) is 24.3 Å². The molecule has 2 rings (SSSR count). The van der Waals surface area contributed by atoms with E-state index in [1.54, 1.807) is 12.1 Å². The van der Waals surface area contributed by atoms with Gasteiger partial charge in [0.15, 0.2) is 0 Å². The van der Waals surface area contributed by atoms with Crippen molar-refractivity contribution in [2.75, 3.05) is 26.2 Å². The molecule has 4 nitrogen and oxygen atoms in total. The van der Waals surface area contributed by atoms with Gasteiger partial charge < -0.3 is 16.0 Å². The Kier molecular flexibility index (Phi) is 5.79. The minimum atomic E-state index is -0.0277. The standard InChI is InChI=1S/C17H23N3O/c1-14(13-20-11-2-3-12-20)19-17(21)16-8-6-15(7-9-16)5-4-10-18/h6-9,14H,2-3,10-13,18H2,1H3,(H,19,21). The van der Waals surface area contributed by atoms with Gasteiger partial charge in [0.1, 0.15) is 0 Å². The highest BCUT2D eigenvalue weighted by molar-refractivity contribution is 5.94. The number of nitrogens with two attached hydrogens (primary N) is 1. The second-order valence-electron chi connectivity index (χ2n) is 5.47. The zero-order valence-electron chi connectivity index (χ0n) is 12.6. The van der Waals surface area contributed by atoms with Gasteiger partial charge in [-0.3, -0.25) is 4.79 Å². The van der Waals surface area contributed by atoms with E-state index in [-0.39, 0.29) is 11.9 Å². The largest absolute Gasteiger partial charge is 0.348 e. The smallest absolute Gasteiger partial charge is 0.251 e. The third-order valence-electron chi connectivity index (χ3n) is 3.59. The lowest BCUT2D eigenvalue weighted by atomic mass is 10.1. The molecule has 1 unspecified atom stereocenters. The predicted octanol–water partition coefficient (Wildman–Crippen LogP) is 1.21. The summed E-state index contributed by atoms with van der Waals surface area (Å²) in [4.78, 5) is 14.6. The van der Waals surface area contributed by atoms with Crippen LogP contribution >= 0.6 is 0 Å². The molecule has 1 aromatic carbocycles. The molecule has 1 fully saturated rings. The fraction of sp³-hybridized carbons (Fsp3) is 0.471. The summed E-state index contributed by atoms with van der Waals surface area (Å²) >= 11 is 0. The van der Waals surface area contributed by atoms with E-state index in [0.29, 0.717) is 12.1 Å². The molecule has 1 atom stereocenters. The van der Waals surface area contributed by atoms with Gasteiger partial charge in [-0.2, -0.15) is 0 Å². The topological polar surface area (TPSA) is 58.4 Å². The Balaban J connectivity index is 1.87. The highest BCUT2D eigenvalue weighted by Crippen LogP contribution is 2.08. The minimum Gasteiger partial charge on any atom is -0.348 e. The monoisotopic (exact) mass is 285 g/mol. The van der Waals surface area contributed by atoms with Gasteiger partial charge >= 0.3 is 0 Å². The minimum absolute atomic E-state index is 0.0277. The van der Waals surface area contributed by atoms with Crippen molar-refractivity contribution in [3.05, 3.63) is 35.4 Å². The van der Waals surface area contributed by atoms with E-state index >= 15 is 0 Å². The van der Waals surface area contributed by atoms with Crippen molar-refractivity contribution in [2.24, 2.45) is 5.73 Å². The molecule has 1 aliphatic heterocycles. The molecule has 0 aliphatic carbocycles. The first-order valence-electron chi connectivity index (χ1n) is 7.51. The van der Waals surface area contributed by atoms with Crippen molar-refractivity contribution in [3.8, 4) is 11.8 Å². The van der Waals surface area contributed by atoms with Crippen molar-refractivity contribution in [1.29, 1.82) is 0 Å². The SMILES string of the molecule is CC(CN1CCCC1)NC(=O)c1ccc(C#CCN)cc1. The molecule has 1 saturated heterocycles. The number of hydrogen-bond donors (Lipinski definition) is 2. The average molecular weight is 285 g/mol. The van der Waals surface area contributed by atoms with Crippen LogP contribution in [0.1, 0.15) is 35.7 Å². The zero-order chi connectivity index (χ0) is 15.1. The molecule has 1 aliphatic rings. The van der Waals surface area contributed by atoms with Crippen LogP contribution in [0.3, 0.4) is 0 Å². The number of hydrogen-bond acceptors (Lipinski definition) is 3. The number of rotatable bonds is 4. The van der Waals surface area contributed by atoms with E-state index in [1.165, 1.54) is 12.8 Å². The molecule has 0 radical (unpaired) electrons. The van der Waals surface area contributed by atoms with E-state index in [9.17, 15) is 4.79 Å². The number of benzene rings is 1. The van der Waals surface area contributed by atoms with E-state index in [2.05, 4.69) is 29.0 Å². The molecule has 0 spiro atoms. The van der Waals surface area contributed by atoms with Crippen LogP contribution in [-0.2, 0) is 0 Å². The van der Waals surface area contributed by atoms with Crippen LogP contribution in [0.2, 0.25) is 0 Å². The lowest BCUT2D eigenvalue weighted by Crippen LogP contribution is -2.41. The van der Waals surface area contributed by atoms with Crippen LogP contribution in [-0.4, -0.2) is 43.0 Å². The van der Waals surface area contributed by atoms with Gasteiger partial charge in [0.25, 0.3) is 5.91 Å². The predicted molar refractivity (Wildman–Crippen MR) is 85.0 cm³/mol. The molecule has 0 bridgehead atoms. The Morgan fingerprint density at radius 3 is 2.62 bits per heavy atom. The summed E-state index contributed by atoms with van der Waals surface area (Å²) in [5, 5.41) is 3.05. The van der Waals surface area contributed by atoms with Crippen molar-refractivity contribution in [1.82, 2.24) is 10.2 Å². The number of nitrogens with one attached hydrogen (secondary N) is 1. The molecule has 3 N–H and O–H groups in total. The summed E-state index contributed by atoms with van der Waals surface area (Å²) in [5.41, 5.74) is 6.88. The summed E-state index contributed by atoms with van der Waals surface area (Å²) in [5.74, 6) is 5.72. The average Bonchev–Trinajstić information content (AvgIpc) is 2.98. The first-order valence-corrected chi connectivity index (χ1v) is 7.51. The summed E-state index contributed by atoms with van der Waals surface area (Å²) < 4.78 is 0. The number of amides is 1. The van der Waals surface area contributed by atoms with Crippen LogP contribution in [0.25, 0.3) is 0 Å². The van der Waals surface area contributed by atoms with Gasteiger partial charge in [0, 0.05) is 23.7 Å². The summed E-state index contributed by atoms with van der Waals surface area (Å²) in [7, 11) is 0. The second-order valence-corrected chi connectivity index (χ2v) is 5.47.